The van der Waals surface area contributed by atoms with E-state index in [0.717, 1.165) is 0 Å². The van der Waals surface area contributed by atoms with Crippen molar-refractivity contribution in [3.63, 3.8) is 0 Å². The maximum atomic E-state index is 13.3. The van der Waals surface area contributed by atoms with Crippen LogP contribution in [0.2, 0.25) is 0 Å². The second-order valence-corrected chi connectivity index (χ2v) is 9.49. The molecule has 1 aromatic carbocycles. The van der Waals surface area contributed by atoms with Crippen LogP contribution in [-0.2, 0) is 23.2 Å². The van der Waals surface area contributed by atoms with Crippen molar-refractivity contribution in [1.82, 2.24) is 23.4 Å². The molecule has 2 aliphatic rings. The molecule has 1 aromatic heterocycles. The number of aromatic nitrogens is 3. The average molecular weight is 408 g/mol. The molecule has 28 heavy (non-hydrogen) atoms. The van der Waals surface area contributed by atoms with E-state index in [1.807, 2.05) is 0 Å². The van der Waals surface area contributed by atoms with Crippen LogP contribution in [0, 0.1) is 17.7 Å². The van der Waals surface area contributed by atoms with E-state index in [1.165, 1.54) is 40.9 Å². The Labute approximate surface area is 162 Å². The number of anilines is 1. The van der Waals surface area contributed by atoms with Gasteiger partial charge < -0.3 is 9.88 Å². The van der Waals surface area contributed by atoms with Crippen molar-refractivity contribution in [1.29, 1.82) is 0 Å². The van der Waals surface area contributed by atoms with Crippen molar-refractivity contribution in [2.45, 2.75) is 13.0 Å². The van der Waals surface area contributed by atoms with Gasteiger partial charge in [0.1, 0.15) is 11.6 Å². The summed E-state index contributed by atoms with van der Waals surface area (Å²) in [6, 6.07) is 5.61. The Kier molecular flexibility index (Phi) is 4.68. The molecule has 9 nitrogen and oxygen atoms in total. The summed E-state index contributed by atoms with van der Waals surface area (Å²) in [6.07, 6.45) is 0.560. The van der Waals surface area contributed by atoms with E-state index in [9.17, 15) is 17.6 Å². The van der Waals surface area contributed by atoms with E-state index in [-0.39, 0.29) is 17.7 Å². The van der Waals surface area contributed by atoms with Crippen LogP contribution in [-0.4, -0.2) is 64.9 Å². The van der Waals surface area contributed by atoms with Crippen LogP contribution in [0.4, 0.5) is 10.1 Å². The topological polar surface area (TPSA) is 100 Å². The third-order valence-electron chi connectivity index (χ3n) is 5.31. The number of rotatable bonds is 4. The van der Waals surface area contributed by atoms with Gasteiger partial charge in [-0.1, -0.05) is 6.07 Å². The van der Waals surface area contributed by atoms with Crippen LogP contribution in [0.3, 0.4) is 0 Å². The number of fused-ring (bicyclic) bond motifs is 2. The van der Waals surface area contributed by atoms with E-state index in [0.29, 0.717) is 37.6 Å². The number of carbonyl (C=O) groups is 1. The van der Waals surface area contributed by atoms with Crippen molar-refractivity contribution in [3.05, 3.63) is 41.7 Å². The quantitative estimate of drug-likeness (QED) is 0.798. The number of carbonyl (C=O) groups excluding carboxylic acids is 1. The summed E-state index contributed by atoms with van der Waals surface area (Å²) in [5.41, 5.74) is 0.333. The number of hydrogen-bond acceptors (Lipinski definition) is 5. The van der Waals surface area contributed by atoms with Crippen molar-refractivity contribution in [2.24, 2.45) is 11.8 Å². The number of halogens is 1. The second-order valence-electron chi connectivity index (χ2n) is 7.35. The number of nitrogens with one attached hydrogen (secondary N) is 1. The predicted octanol–water partition coefficient (Wildman–Crippen LogP) is 0.580. The third kappa shape index (κ3) is 3.29. The highest BCUT2D eigenvalue weighted by atomic mass is 32.2. The van der Waals surface area contributed by atoms with Gasteiger partial charge in [-0.3, -0.25) is 4.79 Å². The molecule has 0 aliphatic carbocycles. The minimum absolute atomic E-state index is 0.0824. The van der Waals surface area contributed by atoms with Crippen molar-refractivity contribution in [2.75, 3.05) is 32.5 Å². The van der Waals surface area contributed by atoms with Gasteiger partial charge in [-0.05, 0) is 30.0 Å². The van der Waals surface area contributed by atoms with Gasteiger partial charge in [-0.2, -0.15) is 17.0 Å². The van der Waals surface area contributed by atoms with Crippen LogP contribution >= 0.6 is 0 Å². The van der Waals surface area contributed by atoms with Gasteiger partial charge in [0.25, 0.3) is 16.1 Å². The summed E-state index contributed by atoms with van der Waals surface area (Å²) < 4.78 is 42.6. The minimum atomic E-state index is -3.47. The monoisotopic (exact) mass is 408 g/mol. The fraction of sp³-hybridized carbons (Fsp3) is 0.471. The summed E-state index contributed by atoms with van der Waals surface area (Å²) >= 11 is 0. The molecule has 1 N–H and O–H groups in total. The molecular formula is C17H21FN6O3S. The molecule has 2 aliphatic heterocycles. The normalized spacial score (nSPS) is 22.1. The van der Waals surface area contributed by atoms with E-state index >= 15 is 0 Å². The Morgan fingerprint density at radius 3 is 2.68 bits per heavy atom. The van der Waals surface area contributed by atoms with Crippen LogP contribution in [0.25, 0.3) is 0 Å². The molecule has 0 unspecified atom stereocenters. The molecule has 0 bridgehead atoms. The minimum Gasteiger partial charge on any atom is -0.319 e. The molecule has 4 rings (SSSR count). The Morgan fingerprint density at radius 1 is 1.21 bits per heavy atom. The lowest BCUT2D eigenvalue weighted by Gasteiger charge is -2.25. The molecule has 2 atom stereocenters. The predicted molar refractivity (Wildman–Crippen MR) is 99.2 cm³/mol. The highest BCUT2D eigenvalue weighted by Gasteiger charge is 2.43. The van der Waals surface area contributed by atoms with Crippen LogP contribution in [0.15, 0.2) is 24.3 Å². The lowest BCUT2D eigenvalue weighted by molar-refractivity contribution is 0.100. The molecule has 1 saturated heterocycles. The van der Waals surface area contributed by atoms with E-state index in [2.05, 4.69) is 15.5 Å². The molecule has 1 fully saturated rings. The standard InChI is InChI=1S/C17H21FN6O3S/c1-22(2)28(26,27)23-8-11-6-15-20-21-16(24(15)10-12(11)9-23)17(25)19-14-5-3-4-13(18)7-14/h3-5,7,11-12H,6,8-10H2,1-2H3,(H,19,25)/t11-,12+/m1/s1. The van der Waals surface area contributed by atoms with E-state index in [4.69, 9.17) is 0 Å². The van der Waals surface area contributed by atoms with Crippen molar-refractivity contribution < 1.29 is 17.6 Å². The van der Waals surface area contributed by atoms with Crippen LogP contribution in [0.1, 0.15) is 16.4 Å². The molecule has 2 aromatic rings. The van der Waals surface area contributed by atoms with E-state index < -0.39 is 21.9 Å². The Balaban J connectivity index is 1.52. The Hall–Kier alpha value is -2.37. The summed E-state index contributed by atoms with van der Waals surface area (Å²) in [7, 11) is -0.440. The van der Waals surface area contributed by atoms with Gasteiger partial charge in [0.2, 0.25) is 5.82 Å². The third-order valence-corrected chi connectivity index (χ3v) is 7.18. The first-order chi connectivity index (χ1) is 13.3. The first-order valence-electron chi connectivity index (χ1n) is 8.92. The number of benzene rings is 1. The van der Waals surface area contributed by atoms with Crippen molar-refractivity contribution in [3.8, 4) is 0 Å². The molecule has 3 heterocycles. The maximum absolute atomic E-state index is 13.3. The smallest absolute Gasteiger partial charge is 0.293 e. The maximum Gasteiger partial charge on any atom is 0.293 e. The van der Waals surface area contributed by atoms with Crippen molar-refractivity contribution >= 4 is 21.8 Å². The zero-order valence-electron chi connectivity index (χ0n) is 15.5. The fourth-order valence-electron chi connectivity index (χ4n) is 3.82. The van der Waals surface area contributed by atoms with Gasteiger partial charge in [0.05, 0.1) is 0 Å². The van der Waals surface area contributed by atoms with Gasteiger partial charge in [0, 0.05) is 45.8 Å². The number of hydrogen-bond donors (Lipinski definition) is 1. The zero-order chi connectivity index (χ0) is 20.1. The molecule has 11 heteroatoms. The average Bonchev–Trinajstić information content (AvgIpc) is 3.23. The summed E-state index contributed by atoms with van der Waals surface area (Å²) in [5.74, 6) is 0.113. The first kappa shape index (κ1) is 19.0. The van der Waals surface area contributed by atoms with Gasteiger partial charge in [-0.25, -0.2) is 4.39 Å². The zero-order valence-corrected chi connectivity index (χ0v) is 16.4. The Morgan fingerprint density at radius 2 is 1.96 bits per heavy atom. The van der Waals surface area contributed by atoms with Crippen LogP contribution < -0.4 is 5.32 Å². The lowest BCUT2D eigenvalue weighted by Crippen LogP contribution is -2.38. The number of amides is 1. The highest BCUT2D eigenvalue weighted by Crippen LogP contribution is 2.34. The molecule has 0 spiro atoms. The fourth-order valence-corrected chi connectivity index (χ4v) is 5.04. The van der Waals surface area contributed by atoms with Gasteiger partial charge in [-0.15, -0.1) is 10.2 Å². The summed E-state index contributed by atoms with van der Waals surface area (Å²) in [5, 5.41) is 10.8. The molecule has 1 amide bonds. The largest absolute Gasteiger partial charge is 0.319 e. The van der Waals surface area contributed by atoms with Crippen LogP contribution in [0.5, 0.6) is 0 Å². The summed E-state index contributed by atoms with van der Waals surface area (Å²) in [6.45, 7) is 1.30. The highest BCUT2D eigenvalue weighted by molar-refractivity contribution is 7.86. The first-order valence-corrected chi connectivity index (χ1v) is 10.3. The summed E-state index contributed by atoms with van der Waals surface area (Å²) in [4.78, 5) is 12.6. The molecule has 150 valence electrons. The second kappa shape index (κ2) is 6.90. The number of nitrogens with zero attached hydrogens (tertiary/aromatic N) is 5. The van der Waals surface area contributed by atoms with Gasteiger partial charge in [0.15, 0.2) is 0 Å². The molecular weight excluding hydrogens is 387 g/mol. The Bertz CT molecular complexity index is 1020. The molecule has 0 saturated carbocycles. The van der Waals surface area contributed by atoms with E-state index in [1.54, 1.807) is 10.6 Å². The molecule has 0 radical (unpaired) electrons. The SMILES string of the molecule is CN(C)S(=O)(=O)N1C[C@H]2Cc3nnc(C(=O)Nc4cccc(F)c4)n3C[C@@H]2C1. The van der Waals surface area contributed by atoms with Gasteiger partial charge >= 0.3 is 0 Å². The lowest BCUT2D eigenvalue weighted by atomic mass is 9.89.